The van der Waals surface area contributed by atoms with E-state index in [0.29, 0.717) is 0 Å². The van der Waals surface area contributed by atoms with Gasteiger partial charge in [0.05, 0.1) is 0 Å². The number of hydrogen-bond donors (Lipinski definition) is 0. The Morgan fingerprint density at radius 3 is 1.78 bits per heavy atom. The lowest BCUT2D eigenvalue weighted by atomic mass is 9.94. The molecule has 0 saturated carbocycles. The molecule has 0 unspecified atom stereocenters. The van der Waals surface area contributed by atoms with E-state index < -0.39 is 0 Å². The quantitative estimate of drug-likeness (QED) is 0.248. The lowest BCUT2D eigenvalue weighted by Gasteiger charge is -2.10. The van der Waals surface area contributed by atoms with E-state index in [-0.39, 0.29) is 0 Å². The maximum absolute atomic E-state index is 6.78. The molecule has 0 atom stereocenters. The minimum Gasteiger partial charge on any atom is -0.455 e. The van der Waals surface area contributed by atoms with Gasteiger partial charge < -0.3 is 4.42 Å². The Balaban J connectivity index is 1.41. The summed E-state index contributed by atoms with van der Waals surface area (Å²) in [4.78, 5) is 0. The van der Waals surface area contributed by atoms with Crippen molar-refractivity contribution in [2.24, 2.45) is 0 Å². The van der Waals surface area contributed by atoms with Crippen molar-refractivity contribution in [1.82, 2.24) is 0 Å². The molecule has 7 aromatic rings. The third-order valence-corrected chi connectivity index (χ3v) is 7.08. The van der Waals surface area contributed by atoms with Crippen molar-refractivity contribution >= 4 is 21.5 Å². The van der Waals surface area contributed by atoms with E-state index in [9.17, 15) is 0 Å². The van der Waals surface area contributed by atoms with E-state index in [2.05, 4.69) is 140 Å². The summed E-state index contributed by atoms with van der Waals surface area (Å²) < 4.78 is 6.78. The molecular weight excluding hydrogens is 448 g/mol. The predicted molar refractivity (Wildman–Crippen MR) is 155 cm³/mol. The van der Waals surface area contributed by atoms with Crippen LogP contribution in [0.5, 0.6) is 0 Å². The van der Waals surface area contributed by atoms with Crippen LogP contribution in [0.3, 0.4) is 0 Å². The summed E-state index contributed by atoms with van der Waals surface area (Å²) >= 11 is 0. The second kappa shape index (κ2) is 8.96. The van der Waals surface area contributed by atoms with E-state index >= 15 is 0 Å². The van der Waals surface area contributed by atoms with Gasteiger partial charge in [0.25, 0.3) is 0 Å². The summed E-state index contributed by atoms with van der Waals surface area (Å²) in [5.41, 5.74) is 6.89. The molecular formula is C36H24O. The summed E-state index contributed by atoms with van der Waals surface area (Å²) in [7, 11) is 0. The van der Waals surface area contributed by atoms with E-state index in [1.54, 1.807) is 0 Å². The third kappa shape index (κ3) is 3.82. The molecule has 0 aliphatic heterocycles. The Labute approximate surface area is 216 Å². The zero-order valence-electron chi connectivity index (χ0n) is 20.3. The molecule has 0 aliphatic rings. The molecule has 1 heterocycles. The van der Waals surface area contributed by atoms with Crippen molar-refractivity contribution < 1.29 is 4.42 Å². The Kier molecular flexibility index (Phi) is 5.19. The molecule has 0 spiro atoms. The summed E-state index contributed by atoms with van der Waals surface area (Å²) in [5.74, 6) is 1.80. The smallest absolute Gasteiger partial charge is 0.143 e. The van der Waals surface area contributed by atoms with Crippen LogP contribution in [0.4, 0.5) is 0 Å². The zero-order valence-corrected chi connectivity index (χ0v) is 20.3. The minimum atomic E-state index is 0.900. The fourth-order valence-electron chi connectivity index (χ4n) is 5.27. The van der Waals surface area contributed by atoms with Gasteiger partial charge in [0, 0.05) is 21.9 Å². The Bertz CT molecular complexity index is 1870. The summed E-state index contributed by atoms with van der Waals surface area (Å²) in [6, 6.07) is 51.3. The molecule has 0 saturated heterocycles. The first-order chi connectivity index (χ1) is 18.3. The first-order valence-electron chi connectivity index (χ1n) is 12.6. The van der Waals surface area contributed by atoms with Crippen LogP contribution in [-0.2, 0) is 0 Å². The van der Waals surface area contributed by atoms with Gasteiger partial charge >= 0.3 is 0 Å². The second-order valence-corrected chi connectivity index (χ2v) is 9.36. The van der Waals surface area contributed by atoms with Crippen LogP contribution < -0.4 is 0 Å². The number of fused-ring (bicyclic) bond motifs is 2. The number of rotatable bonds is 4. The van der Waals surface area contributed by atoms with Gasteiger partial charge in [-0.1, -0.05) is 133 Å². The first-order valence-corrected chi connectivity index (χ1v) is 12.6. The van der Waals surface area contributed by atoms with Gasteiger partial charge in [-0.25, -0.2) is 0 Å². The molecule has 0 amide bonds. The number of benzene rings is 6. The van der Waals surface area contributed by atoms with E-state index in [1.165, 1.54) is 27.5 Å². The monoisotopic (exact) mass is 472 g/mol. The Morgan fingerprint density at radius 2 is 0.946 bits per heavy atom. The van der Waals surface area contributed by atoms with Gasteiger partial charge in [-0.15, -0.1) is 0 Å². The van der Waals surface area contributed by atoms with Crippen molar-refractivity contribution in [1.29, 1.82) is 0 Å². The van der Waals surface area contributed by atoms with Crippen LogP contribution in [-0.4, -0.2) is 0 Å². The highest BCUT2D eigenvalue weighted by atomic mass is 16.3. The molecule has 37 heavy (non-hydrogen) atoms. The zero-order chi connectivity index (χ0) is 24.6. The van der Waals surface area contributed by atoms with Crippen molar-refractivity contribution in [2.75, 3.05) is 0 Å². The molecule has 7 rings (SSSR count). The Hall–Kier alpha value is -4.88. The van der Waals surface area contributed by atoms with Crippen LogP contribution in [0.15, 0.2) is 150 Å². The predicted octanol–water partition coefficient (Wildman–Crippen LogP) is 10.3. The van der Waals surface area contributed by atoms with Crippen molar-refractivity contribution in [3.63, 3.8) is 0 Å². The lowest BCUT2D eigenvalue weighted by Crippen LogP contribution is -1.85. The highest BCUT2D eigenvalue weighted by Gasteiger charge is 2.19. The maximum Gasteiger partial charge on any atom is 0.143 e. The standard InChI is InChI=1S/C36H24O/c1-2-11-25(12-3-1)28-15-10-16-30(24-28)35-33-19-8-9-20-34(33)36(37-35)32-18-7-6-17-31(32)29-22-21-26-13-4-5-14-27(26)23-29/h1-24H. The average Bonchev–Trinajstić information content (AvgIpc) is 3.37. The molecule has 0 bridgehead atoms. The van der Waals surface area contributed by atoms with Gasteiger partial charge in [0.2, 0.25) is 0 Å². The molecule has 0 aliphatic carbocycles. The molecule has 0 N–H and O–H groups in total. The molecule has 1 nitrogen and oxygen atoms in total. The highest BCUT2D eigenvalue weighted by molar-refractivity contribution is 6.05. The Morgan fingerprint density at radius 1 is 0.324 bits per heavy atom. The fourth-order valence-corrected chi connectivity index (χ4v) is 5.27. The SMILES string of the molecule is c1ccc(-c2cccc(-c3oc(-c4ccccc4-c4ccc5ccccc5c4)c4ccccc34)c2)cc1. The van der Waals surface area contributed by atoms with Crippen molar-refractivity contribution in [2.45, 2.75) is 0 Å². The van der Waals surface area contributed by atoms with Crippen LogP contribution in [0.1, 0.15) is 0 Å². The molecule has 6 aromatic carbocycles. The third-order valence-electron chi connectivity index (χ3n) is 7.08. The normalized spacial score (nSPS) is 11.2. The minimum absolute atomic E-state index is 0.900. The van der Waals surface area contributed by atoms with Crippen LogP contribution in [0.25, 0.3) is 66.4 Å². The first kappa shape index (κ1) is 21.4. The van der Waals surface area contributed by atoms with E-state index in [0.717, 1.165) is 39.0 Å². The second-order valence-electron chi connectivity index (χ2n) is 9.36. The summed E-state index contributed by atoms with van der Waals surface area (Å²) in [6.07, 6.45) is 0. The maximum atomic E-state index is 6.78. The summed E-state index contributed by atoms with van der Waals surface area (Å²) in [5, 5.41) is 4.72. The van der Waals surface area contributed by atoms with E-state index in [4.69, 9.17) is 4.42 Å². The summed E-state index contributed by atoms with van der Waals surface area (Å²) in [6.45, 7) is 0. The molecule has 1 aromatic heterocycles. The topological polar surface area (TPSA) is 13.1 Å². The van der Waals surface area contributed by atoms with Crippen LogP contribution in [0, 0.1) is 0 Å². The van der Waals surface area contributed by atoms with Crippen LogP contribution in [0.2, 0.25) is 0 Å². The van der Waals surface area contributed by atoms with Gasteiger partial charge in [-0.3, -0.25) is 0 Å². The molecule has 174 valence electrons. The van der Waals surface area contributed by atoms with Crippen LogP contribution >= 0.6 is 0 Å². The molecule has 0 radical (unpaired) electrons. The largest absolute Gasteiger partial charge is 0.455 e. The highest BCUT2D eigenvalue weighted by Crippen LogP contribution is 2.43. The number of hydrogen-bond acceptors (Lipinski definition) is 1. The van der Waals surface area contributed by atoms with Gasteiger partial charge in [0.1, 0.15) is 11.5 Å². The van der Waals surface area contributed by atoms with Gasteiger partial charge in [-0.05, 0) is 45.2 Å². The lowest BCUT2D eigenvalue weighted by molar-refractivity contribution is 0.602. The fraction of sp³-hybridized carbons (Fsp3) is 0. The van der Waals surface area contributed by atoms with Crippen molar-refractivity contribution in [3.8, 4) is 44.9 Å². The molecule has 1 heteroatoms. The average molecular weight is 473 g/mol. The van der Waals surface area contributed by atoms with E-state index in [1.807, 2.05) is 6.07 Å². The van der Waals surface area contributed by atoms with Gasteiger partial charge in [-0.2, -0.15) is 0 Å². The van der Waals surface area contributed by atoms with Gasteiger partial charge in [0.15, 0.2) is 0 Å². The van der Waals surface area contributed by atoms with Crippen molar-refractivity contribution in [3.05, 3.63) is 146 Å². The molecule has 0 fully saturated rings. The number of furan rings is 1.